The van der Waals surface area contributed by atoms with E-state index >= 15 is 0 Å². The molecule has 1 aromatic carbocycles. The van der Waals surface area contributed by atoms with Gasteiger partial charge in [-0.05, 0) is 44.2 Å². The maximum atomic E-state index is 11.8. The molecule has 22 heavy (non-hydrogen) atoms. The lowest BCUT2D eigenvalue weighted by Gasteiger charge is -2.31. The Morgan fingerprint density at radius 3 is 2.82 bits per heavy atom. The monoisotopic (exact) mass is 320 g/mol. The minimum atomic E-state index is -0.317. The van der Waals surface area contributed by atoms with Crippen molar-refractivity contribution in [1.29, 1.82) is 0 Å². The summed E-state index contributed by atoms with van der Waals surface area (Å²) in [7, 11) is 0. The average Bonchev–Trinajstić information content (AvgIpc) is 3.03. The largest absolute Gasteiger partial charge is 0.443 e. The molecule has 116 valence electrons. The quantitative estimate of drug-likeness (QED) is 0.821. The highest BCUT2D eigenvalue weighted by molar-refractivity contribution is 6.33. The number of ether oxygens (including phenoxy) is 1. The number of hydrogen-bond donors (Lipinski definition) is 1. The predicted molar refractivity (Wildman–Crippen MR) is 84.6 cm³/mol. The van der Waals surface area contributed by atoms with Gasteiger partial charge in [-0.15, -0.1) is 0 Å². The van der Waals surface area contributed by atoms with E-state index in [9.17, 15) is 4.79 Å². The van der Waals surface area contributed by atoms with E-state index in [0.29, 0.717) is 29.1 Å². The van der Waals surface area contributed by atoms with Gasteiger partial charge in [-0.25, -0.2) is 4.79 Å². The molecule has 5 heteroatoms. The molecule has 1 aliphatic carbocycles. The lowest BCUT2D eigenvalue weighted by Crippen LogP contribution is -3.15. The summed E-state index contributed by atoms with van der Waals surface area (Å²) in [5.41, 5.74) is 2.16. The third kappa shape index (κ3) is 2.22. The highest BCUT2D eigenvalue weighted by Crippen LogP contribution is 2.37. The van der Waals surface area contributed by atoms with Gasteiger partial charge in [0.05, 0.1) is 16.6 Å². The first-order chi connectivity index (χ1) is 10.6. The SMILES string of the molecule is Cc1cc(=O)oc2c3c(c(Cl)cc12)OC[NH+](C1CCCC1)C3. The van der Waals surface area contributed by atoms with Crippen molar-refractivity contribution in [2.45, 2.75) is 45.2 Å². The molecule has 1 aliphatic heterocycles. The summed E-state index contributed by atoms with van der Waals surface area (Å²) in [6.07, 6.45) is 5.09. The van der Waals surface area contributed by atoms with Crippen LogP contribution in [-0.2, 0) is 6.54 Å². The number of rotatable bonds is 1. The molecule has 0 bridgehead atoms. The molecule has 1 saturated carbocycles. The molecule has 2 heterocycles. The van der Waals surface area contributed by atoms with Gasteiger partial charge in [0, 0.05) is 11.5 Å². The molecule has 2 aliphatic rings. The first-order valence-electron chi connectivity index (χ1n) is 7.86. The summed E-state index contributed by atoms with van der Waals surface area (Å²) < 4.78 is 11.4. The van der Waals surface area contributed by atoms with Gasteiger partial charge in [0.25, 0.3) is 0 Å². The van der Waals surface area contributed by atoms with Crippen LogP contribution in [0.2, 0.25) is 5.02 Å². The summed E-state index contributed by atoms with van der Waals surface area (Å²) in [6.45, 7) is 3.36. The number of nitrogens with one attached hydrogen (secondary N) is 1. The van der Waals surface area contributed by atoms with Crippen molar-refractivity contribution in [3.63, 3.8) is 0 Å². The van der Waals surface area contributed by atoms with E-state index in [1.54, 1.807) is 0 Å². The van der Waals surface area contributed by atoms with Crippen LogP contribution in [0.25, 0.3) is 11.0 Å². The van der Waals surface area contributed by atoms with E-state index in [0.717, 1.165) is 23.1 Å². The van der Waals surface area contributed by atoms with E-state index in [2.05, 4.69) is 0 Å². The Morgan fingerprint density at radius 1 is 1.27 bits per heavy atom. The molecule has 0 radical (unpaired) electrons. The van der Waals surface area contributed by atoms with Crippen molar-refractivity contribution in [2.75, 3.05) is 6.73 Å². The average molecular weight is 321 g/mol. The Morgan fingerprint density at radius 2 is 2.05 bits per heavy atom. The molecule has 0 amide bonds. The fourth-order valence-corrected chi connectivity index (χ4v) is 4.10. The number of hydrogen-bond acceptors (Lipinski definition) is 3. The Bertz CT molecular complexity index is 793. The van der Waals surface area contributed by atoms with Crippen LogP contribution in [0.3, 0.4) is 0 Å². The van der Waals surface area contributed by atoms with Crippen molar-refractivity contribution < 1.29 is 14.1 Å². The van der Waals surface area contributed by atoms with Crippen molar-refractivity contribution in [2.24, 2.45) is 0 Å². The lowest BCUT2D eigenvalue weighted by molar-refractivity contribution is -0.955. The van der Waals surface area contributed by atoms with Gasteiger partial charge in [-0.1, -0.05) is 11.6 Å². The third-order valence-corrected chi connectivity index (χ3v) is 5.26. The lowest BCUT2D eigenvalue weighted by atomic mass is 10.0. The van der Waals surface area contributed by atoms with E-state index in [-0.39, 0.29) is 5.63 Å². The topological polar surface area (TPSA) is 43.9 Å². The molecule has 1 unspecified atom stereocenters. The first-order valence-corrected chi connectivity index (χ1v) is 8.24. The number of quaternary nitrogens is 1. The summed E-state index contributed by atoms with van der Waals surface area (Å²) in [6, 6.07) is 3.99. The zero-order valence-corrected chi connectivity index (χ0v) is 13.3. The second-order valence-corrected chi connectivity index (χ2v) is 6.80. The molecule has 0 spiro atoms. The molecule has 2 aromatic rings. The Labute approximate surface area is 133 Å². The van der Waals surface area contributed by atoms with Crippen LogP contribution in [0.15, 0.2) is 21.3 Å². The van der Waals surface area contributed by atoms with Gasteiger partial charge in [0.15, 0.2) is 11.3 Å². The zero-order chi connectivity index (χ0) is 15.3. The van der Waals surface area contributed by atoms with Gasteiger partial charge in [0.2, 0.25) is 6.73 Å². The summed E-state index contributed by atoms with van der Waals surface area (Å²) in [5.74, 6) is 0.685. The first kappa shape index (κ1) is 14.1. The number of aryl methyl sites for hydroxylation is 1. The predicted octanol–water partition coefficient (Wildman–Crippen LogP) is 2.43. The maximum absolute atomic E-state index is 11.8. The van der Waals surface area contributed by atoms with E-state index in [1.165, 1.54) is 36.6 Å². The smallest absolute Gasteiger partial charge is 0.336 e. The van der Waals surface area contributed by atoms with Gasteiger partial charge < -0.3 is 9.15 Å². The van der Waals surface area contributed by atoms with E-state index in [4.69, 9.17) is 20.8 Å². The third-order valence-electron chi connectivity index (χ3n) is 4.98. The number of fused-ring (bicyclic) bond motifs is 3. The number of halogens is 1. The van der Waals surface area contributed by atoms with Crippen LogP contribution in [0, 0.1) is 6.92 Å². The minimum absolute atomic E-state index is 0.317. The van der Waals surface area contributed by atoms with Gasteiger partial charge in [-0.2, -0.15) is 0 Å². The second-order valence-electron chi connectivity index (χ2n) is 6.40. The summed E-state index contributed by atoms with van der Waals surface area (Å²) >= 11 is 6.39. The maximum Gasteiger partial charge on any atom is 0.336 e. The second kappa shape index (κ2) is 5.28. The molecule has 1 N–H and O–H groups in total. The summed E-state index contributed by atoms with van der Waals surface area (Å²) in [4.78, 5) is 13.2. The standard InChI is InChI=1S/C17H18ClNO3/c1-10-6-15(20)22-16-12(10)7-14(18)17-13(16)8-19(9-21-17)11-4-2-3-5-11/h6-7,11H,2-5,8-9H2,1H3/p+1. The van der Waals surface area contributed by atoms with E-state index in [1.807, 2.05) is 13.0 Å². The highest BCUT2D eigenvalue weighted by atomic mass is 35.5. The molecule has 4 rings (SSSR count). The fraction of sp³-hybridized carbons (Fsp3) is 0.471. The van der Waals surface area contributed by atoms with Crippen molar-refractivity contribution in [3.05, 3.63) is 38.7 Å². The number of benzene rings is 1. The Kier molecular flexibility index (Phi) is 3.39. The molecule has 1 aromatic heterocycles. The molecular formula is C17H19ClNO3+. The van der Waals surface area contributed by atoms with Crippen LogP contribution >= 0.6 is 11.6 Å². The molecule has 1 fully saturated rings. The highest BCUT2D eigenvalue weighted by Gasteiger charge is 2.33. The Hall–Kier alpha value is -1.52. The van der Waals surface area contributed by atoms with Crippen molar-refractivity contribution in [1.82, 2.24) is 0 Å². The Balaban J connectivity index is 1.86. The molecule has 0 saturated heterocycles. The fourth-order valence-electron chi connectivity index (χ4n) is 3.82. The van der Waals surface area contributed by atoms with Gasteiger partial charge in [-0.3, -0.25) is 4.90 Å². The zero-order valence-electron chi connectivity index (χ0n) is 12.6. The van der Waals surface area contributed by atoms with Crippen molar-refractivity contribution in [3.8, 4) is 5.75 Å². The van der Waals surface area contributed by atoms with E-state index < -0.39 is 0 Å². The van der Waals surface area contributed by atoms with Crippen LogP contribution in [0.1, 0.15) is 36.8 Å². The molecule has 4 nitrogen and oxygen atoms in total. The summed E-state index contributed by atoms with van der Waals surface area (Å²) in [5, 5.41) is 1.50. The van der Waals surface area contributed by atoms with Crippen LogP contribution < -0.4 is 15.3 Å². The van der Waals surface area contributed by atoms with Crippen molar-refractivity contribution >= 4 is 22.6 Å². The van der Waals surface area contributed by atoms with Crippen LogP contribution in [-0.4, -0.2) is 12.8 Å². The van der Waals surface area contributed by atoms with Crippen LogP contribution in [0.5, 0.6) is 5.75 Å². The van der Waals surface area contributed by atoms with Crippen LogP contribution in [0.4, 0.5) is 0 Å². The van der Waals surface area contributed by atoms with Gasteiger partial charge >= 0.3 is 5.63 Å². The molecular weight excluding hydrogens is 302 g/mol. The normalized spacial score (nSPS) is 21.8. The van der Waals surface area contributed by atoms with Gasteiger partial charge in [0.1, 0.15) is 6.54 Å². The minimum Gasteiger partial charge on any atom is -0.443 e. The molecule has 1 atom stereocenters.